The highest BCUT2D eigenvalue weighted by Crippen LogP contribution is 2.42. The van der Waals surface area contributed by atoms with Gasteiger partial charge in [-0.25, -0.2) is 22.7 Å². The normalized spacial score (nSPS) is 23.9. The number of nitrogens with one attached hydrogen (secondary N) is 1. The molecule has 3 aliphatic rings. The van der Waals surface area contributed by atoms with Crippen molar-refractivity contribution >= 4 is 17.2 Å². The first-order valence-corrected chi connectivity index (χ1v) is 16.5. The van der Waals surface area contributed by atoms with Gasteiger partial charge in [0.25, 0.3) is 0 Å². The van der Waals surface area contributed by atoms with Crippen molar-refractivity contribution in [2.45, 2.75) is 77.0 Å². The van der Waals surface area contributed by atoms with Crippen molar-refractivity contribution in [1.82, 2.24) is 29.3 Å². The summed E-state index contributed by atoms with van der Waals surface area (Å²) >= 11 is 0. The monoisotopic (exact) mass is 655 g/mol. The van der Waals surface area contributed by atoms with Crippen LogP contribution in [-0.4, -0.2) is 112 Å². The van der Waals surface area contributed by atoms with Crippen molar-refractivity contribution in [2.75, 3.05) is 64.0 Å². The molecule has 47 heavy (non-hydrogen) atoms. The van der Waals surface area contributed by atoms with Gasteiger partial charge in [0.05, 0.1) is 43.3 Å². The van der Waals surface area contributed by atoms with Gasteiger partial charge < -0.3 is 20.1 Å². The Hall–Kier alpha value is -3.23. The average molecular weight is 656 g/mol. The van der Waals surface area contributed by atoms with Crippen molar-refractivity contribution in [3.8, 4) is 0 Å². The third kappa shape index (κ3) is 6.35. The van der Waals surface area contributed by atoms with Gasteiger partial charge in [-0.05, 0) is 45.4 Å². The van der Waals surface area contributed by atoms with E-state index in [0.29, 0.717) is 48.4 Å². The highest BCUT2D eigenvalue weighted by molar-refractivity contribution is 5.98. The molecule has 6 rings (SSSR count). The number of carbonyl (C=O) groups is 1. The Labute approximate surface area is 274 Å². The summed E-state index contributed by atoms with van der Waals surface area (Å²) in [6.45, 7) is 16.5. The molecule has 0 radical (unpaired) electrons. The Morgan fingerprint density at radius 1 is 1.17 bits per heavy atom. The number of rotatable bonds is 8. The minimum Gasteiger partial charge on any atom is -0.394 e. The number of nitrogens with zero attached hydrogens (tertiary/aromatic N) is 6. The number of pyridine rings is 1. The fourth-order valence-corrected chi connectivity index (χ4v) is 7.25. The zero-order valence-corrected chi connectivity index (χ0v) is 28.2. The van der Waals surface area contributed by atoms with E-state index in [-0.39, 0.29) is 43.1 Å². The molecule has 13 heteroatoms. The smallest absolute Gasteiger partial charge is 0.351 e. The van der Waals surface area contributed by atoms with Gasteiger partial charge >= 0.3 is 5.69 Å². The SMILES string of the molecule is C[C@@H]1CN(CC(=O)N2CC(C)(C)c3c2cc(Cc2ccc(F)cc2F)c2nn(C(C)(C)CO)c(=O)n32)[C@@H](CN2CCOC[C@H]2C)CN1. The molecular formula is C34H47F2N7O4. The van der Waals surface area contributed by atoms with E-state index in [2.05, 4.69) is 34.1 Å². The maximum atomic E-state index is 14.9. The number of morpholine rings is 1. The molecule has 0 spiro atoms. The highest BCUT2D eigenvalue weighted by Gasteiger charge is 2.43. The van der Waals surface area contributed by atoms with Gasteiger partial charge in [-0.3, -0.25) is 14.6 Å². The van der Waals surface area contributed by atoms with Crippen molar-refractivity contribution in [3.05, 3.63) is 63.2 Å². The number of aliphatic hydroxyl groups is 1. The minimum absolute atomic E-state index is 0.0243. The van der Waals surface area contributed by atoms with Crippen LogP contribution in [0.4, 0.5) is 14.5 Å². The zero-order chi connectivity index (χ0) is 33.8. The van der Waals surface area contributed by atoms with E-state index in [1.165, 1.54) is 21.2 Å². The van der Waals surface area contributed by atoms with Crippen LogP contribution in [0.5, 0.6) is 0 Å². The number of aromatic nitrogens is 3. The second kappa shape index (κ2) is 12.7. The lowest BCUT2D eigenvalue weighted by atomic mass is 9.90. The van der Waals surface area contributed by atoms with Gasteiger partial charge in [-0.1, -0.05) is 19.9 Å². The van der Waals surface area contributed by atoms with Gasteiger partial charge in [-0.2, -0.15) is 0 Å². The number of fused-ring (bicyclic) bond motifs is 3. The van der Waals surface area contributed by atoms with Crippen molar-refractivity contribution in [2.24, 2.45) is 0 Å². The fourth-order valence-electron chi connectivity index (χ4n) is 7.25. The summed E-state index contributed by atoms with van der Waals surface area (Å²) in [5.41, 5.74) is 0.205. The lowest BCUT2D eigenvalue weighted by molar-refractivity contribution is -0.121. The Morgan fingerprint density at radius 2 is 1.94 bits per heavy atom. The van der Waals surface area contributed by atoms with Crippen molar-refractivity contribution in [3.63, 3.8) is 0 Å². The largest absolute Gasteiger partial charge is 0.394 e. The number of ether oxygens (including phenoxy) is 1. The van der Waals surface area contributed by atoms with Gasteiger partial charge in [0.2, 0.25) is 5.91 Å². The van der Waals surface area contributed by atoms with Crippen LogP contribution < -0.4 is 15.9 Å². The molecule has 0 aliphatic carbocycles. The van der Waals surface area contributed by atoms with E-state index < -0.39 is 28.3 Å². The summed E-state index contributed by atoms with van der Waals surface area (Å²) < 4.78 is 37.1. The van der Waals surface area contributed by atoms with Crippen molar-refractivity contribution < 1.29 is 23.4 Å². The predicted octanol–water partition coefficient (Wildman–Crippen LogP) is 2.10. The maximum Gasteiger partial charge on any atom is 0.351 e. The third-order valence-electron chi connectivity index (χ3n) is 10.0. The lowest BCUT2D eigenvalue weighted by Crippen LogP contribution is -2.62. The molecule has 256 valence electrons. The summed E-state index contributed by atoms with van der Waals surface area (Å²) in [5, 5.41) is 18.4. The summed E-state index contributed by atoms with van der Waals surface area (Å²) in [6.07, 6.45) is 0.0243. The number of carbonyl (C=O) groups excluding carboxylic acids is 1. The van der Waals surface area contributed by atoms with Crippen LogP contribution in [0.15, 0.2) is 29.1 Å². The number of piperazine rings is 1. The first kappa shape index (κ1) is 33.7. The Balaban J connectivity index is 1.40. The molecule has 3 aromatic rings. The first-order valence-electron chi connectivity index (χ1n) is 16.5. The molecule has 0 saturated carbocycles. The number of amides is 1. The Morgan fingerprint density at radius 3 is 2.64 bits per heavy atom. The molecule has 2 saturated heterocycles. The lowest BCUT2D eigenvalue weighted by Gasteiger charge is -2.43. The maximum absolute atomic E-state index is 14.9. The number of hydrogen-bond acceptors (Lipinski definition) is 8. The van der Waals surface area contributed by atoms with Gasteiger partial charge in [0.15, 0.2) is 5.65 Å². The zero-order valence-electron chi connectivity index (χ0n) is 28.2. The second-order valence-electron chi connectivity index (χ2n) is 14.8. The molecule has 3 aliphatic heterocycles. The van der Waals surface area contributed by atoms with Crippen LogP contribution in [-0.2, 0) is 26.9 Å². The van der Waals surface area contributed by atoms with Crippen LogP contribution in [0.25, 0.3) is 5.65 Å². The van der Waals surface area contributed by atoms with Gasteiger partial charge in [-0.15, -0.1) is 5.10 Å². The Kier molecular flexibility index (Phi) is 9.07. The molecule has 2 N–H and O–H groups in total. The molecule has 2 aromatic heterocycles. The Bertz CT molecular complexity index is 1720. The van der Waals surface area contributed by atoms with Crippen LogP contribution in [0.3, 0.4) is 0 Å². The number of aliphatic hydroxyl groups excluding tert-OH is 1. The fraction of sp³-hybridized carbons (Fsp3) is 0.618. The molecule has 5 heterocycles. The van der Waals surface area contributed by atoms with Crippen LogP contribution >= 0.6 is 0 Å². The van der Waals surface area contributed by atoms with E-state index in [1.807, 2.05) is 19.9 Å². The van der Waals surface area contributed by atoms with E-state index in [9.17, 15) is 23.5 Å². The van der Waals surface area contributed by atoms with E-state index >= 15 is 0 Å². The minimum atomic E-state index is -1.02. The topological polar surface area (TPSA) is 108 Å². The van der Waals surface area contributed by atoms with Crippen LogP contribution in [0, 0.1) is 11.6 Å². The molecule has 2 fully saturated rings. The second-order valence-corrected chi connectivity index (χ2v) is 14.8. The van der Waals surface area contributed by atoms with E-state index in [1.54, 1.807) is 18.7 Å². The van der Waals surface area contributed by atoms with Gasteiger partial charge in [0, 0.05) is 74.3 Å². The average Bonchev–Trinajstić information content (AvgIpc) is 3.50. The number of benzene rings is 1. The summed E-state index contributed by atoms with van der Waals surface area (Å²) in [5.74, 6) is -1.47. The molecule has 1 amide bonds. The van der Waals surface area contributed by atoms with Crippen LogP contribution in [0.2, 0.25) is 0 Å². The number of halogens is 2. The van der Waals surface area contributed by atoms with Crippen LogP contribution in [0.1, 0.15) is 58.4 Å². The van der Waals surface area contributed by atoms with Crippen molar-refractivity contribution in [1.29, 1.82) is 0 Å². The summed E-state index contributed by atoms with van der Waals surface area (Å²) in [7, 11) is 0. The van der Waals surface area contributed by atoms with Gasteiger partial charge in [0.1, 0.15) is 11.6 Å². The molecular weight excluding hydrogens is 608 g/mol. The summed E-state index contributed by atoms with van der Waals surface area (Å²) in [4.78, 5) is 34.9. The van der Waals surface area contributed by atoms with E-state index in [4.69, 9.17) is 4.74 Å². The first-order chi connectivity index (χ1) is 22.2. The molecule has 0 bridgehead atoms. The summed E-state index contributed by atoms with van der Waals surface area (Å²) in [6, 6.07) is 5.90. The third-order valence-corrected chi connectivity index (χ3v) is 10.0. The quantitative estimate of drug-likeness (QED) is 0.380. The predicted molar refractivity (Wildman–Crippen MR) is 175 cm³/mol. The van der Waals surface area contributed by atoms with E-state index in [0.717, 1.165) is 32.2 Å². The molecule has 1 aromatic carbocycles. The number of hydrogen-bond donors (Lipinski definition) is 2. The molecule has 0 unspecified atom stereocenters. The molecule has 11 nitrogen and oxygen atoms in total. The highest BCUT2D eigenvalue weighted by atomic mass is 19.1. The number of anilines is 1. The molecule has 3 atom stereocenters. The standard InChI is InChI=1S/C34H47F2N7O4/c1-21-15-40(26(14-37-21)16-39-9-10-47-18-22(39)2)17-29(45)41-19-33(3,4)30-28(41)12-24(11-23-7-8-25(35)13-27(23)36)31-38-43(32(46)42(30)31)34(5,6)20-44/h7-8,12-13,21-22,26,37,44H,9-11,14-20H2,1-6H3/t21-,22-,26-/m1/s1.